The molecule has 0 aliphatic carbocycles. The Hall–Kier alpha value is -2.52. The molecule has 3 heterocycles. The summed E-state index contributed by atoms with van der Waals surface area (Å²) in [5, 5.41) is 7.47. The van der Waals surface area contributed by atoms with Crippen molar-refractivity contribution < 1.29 is 14.3 Å². The van der Waals surface area contributed by atoms with Crippen molar-refractivity contribution in [2.75, 3.05) is 44.8 Å². The van der Waals surface area contributed by atoms with E-state index in [-0.39, 0.29) is 0 Å². The van der Waals surface area contributed by atoms with Gasteiger partial charge in [-0.25, -0.2) is 14.8 Å². The lowest BCUT2D eigenvalue weighted by Crippen LogP contribution is -2.38. The van der Waals surface area contributed by atoms with E-state index in [2.05, 4.69) is 25.3 Å². The standard InChI is InChI=1S/C16H22N6O3/c1-2-25-15(23)13-11-17-16(18-12-13)19-14-3-4-22(20-14)6-5-21-7-9-24-10-8-21/h3-4,11-12H,2,5-10H2,1H3,(H,17,18,19,20). The van der Waals surface area contributed by atoms with Crippen LogP contribution in [0, 0.1) is 0 Å². The van der Waals surface area contributed by atoms with Crippen LogP contribution in [0.2, 0.25) is 0 Å². The lowest BCUT2D eigenvalue weighted by atomic mass is 10.3. The molecule has 0 bridgehead atoms. The average molecular weight is 346 g/mol. The molecule has 0 unspecified atom stereocenters. The Kier molecular flexibility index (Phi) is 5.91. The number of ether oxygens (including phenoxy) is 2. The average Bonchev–Trinajstić information content (AvgIpc) is 3.09. The Bertz CT molecular complexity index is 681. The van der Waals surface area contributed by atoms with E-state index >= 15 is 0 Å². The topological polar surface area (TPSA) is 94.4 Å². The number of anilines is 2. The van der Waals surface area contributed by atoms with Crippen LogP contribution in [-0.4, -0.2) is 70.1 Å². The predicted octanol–water partition coefficient (Wildman–Crippen LogP) is 0.926. The molecular formula is C16H22N6O3. The molecule has 1 saturated heterocycles. The second-order valence-corrected chi connectivity index (χ2v) is 5.56. The van der Waals surface area contributed by atoms with Gasteiger partial charge in [0.2, 0.25) is 5.95 Å². The summed E-state index contributed by atoms with van der Waals surface area (Å²) in [6.07, 6.45) is 4.78. The summed E-state index contributed by atoms with van der Waals surface area (Å²) in [5.41, 5.74) is 0.323. The SMILES string of the molecule is CCOC(=O)c1cnc(Nc2ccn(CCN3CCOCC3)n2)nc1. The van der Waals surface area contributed by atoms with Gasteiger partial charge in [-0.15, -0.1) is 0 Å². The molecule has 1 aliphatic heterocycles. The third-order valence-electron chi connectivity index (χ3n) is 3.79. The summed E-state index contributed by atoms with van der Waals surface area (Å²) in [6.45, 7) is 7.35. The van der Waals surface area contributed by atoms with Crippen molar-refractivity contribution in [1.82, 2.24) is 24.6 Å². The molecule has 2 aromatic rings. The molecule has 1 aliphatic rings. The Balaban J connectivity index is 1.51. The maximum Gasteiger partial charge on any atom is 0.341 e. The van der Waals surface area contributed by atoms with Crippen molar-refractivity contribution in [2.24, 2.45) is 0 Å². The fourth-order valence-corrected chi connectivity index (χ4v) is 2.45. The van der Waals surface area contributed by atoms with Crippen LogP contribution < -0.4 is 5.32 Å². The molecule has 0 radical (unpaired) electrons. The molecule has 134 valence electrons. The van der Waals surface area contributed by atoms with Gasteiger partial charge < -0.3 is 14.8 Å². The molecule has 9 heteroatoms. The summed E-state index contributed by atoms with van der Waals surface area (Å²) in [7, 11) is 0. The number of esters is 1. The smallest absolute Gasteiger partial charge is 0.341 e. The normalized spacial score (nSPS) is 15.1. The number of rotatable bonds is 7. The summed E-state index contributed by atoms with van der Waals surface area (Å²) in [6, 6.07) is 1.86. The molecule has 25 heavy (non-hydrogen) atoms. The highest BCUT2D eigenvalue weighted by Crippen LogP contribution is 2.10. The zero-order valence-electron chi connectivity index (χ0n) is 14.2. The molecule has 1 N–H and O–H groups in total. The van der Waals surface area contributed by atoms with Gasteiger partial charge in [0.25, 0.3) is 0 Å². The first-order valence-corrected chi connectivity index (χ1v) is 8.34. The molecule has 0 saturated carbocycles. The van der Waals surface area contributed by atoms with Crippen LogP contribution in [0.25, 0.3) is 0 Å². The van der Waals surface area contributed by atoms with Crippen LogP contribution >= 0.6 is 0 Å². The van der Waals surface area contributed by atoms with E-state index < -0.39 is 5.97 Å². The maximum absolute atomic E-state index is 11.6. The van der Waals surface area contributed by atoms with E-state index in [0.717, 1.165) is 39.4 Å². The molecule has 0 spiro atoms. The van der Waals surface area contributed by atoms with Gasteiger partial charge in [-0.1, -0.05) is 0 Å². The molecule has 9 nitrogen and oxygen atoms in total. The van der Waals surface area contributed by atoms with Crippen molar-refractivity contribution in [1.29, 1.82) is 0 Å². The third kappa shape index (κ3) is 4.97. The van der Waals surface area contributed by atoms with E-state index in [1.807, 2.05) is 16.9 Å². The van der Waals surface area contributed by atoms with Gasteiger partial charge in [0.05, 0.1) is 31.9 Å². The van der Waals surface area contributed by atoms with E-state index in [1.165, 1.54) is 12.4 Å². The number of hydrogen-bond donors (Lipinski definition) is 1. The number of nitrogens with one attached hydrogen (secondary N) is 1. The van der Waals surface area contributed by atoms with Gasteiger partial charge in [0.15, 0.2) is 5.82 Å². The summed E-state index contributed by atoms with van der Waals surface area (Å²) in [5.74, 6) is 0.610. The van der Waals surface area contributed by atoms with Crippen LogP contribution in [-0.2, 0) is 16.0 Å². The number of carbonyl (C=O) groups is 1. The van der Waals surface area contributed by atoms with Gasteiger partial charge in [0.1, 0.15) is 0 Å². The van der Waals surface area contributed by atoms with Crippen LogP contribution in [0.4, 0.5) is 11.8 Å². The molecule has 1 fully saturated rings. The lowest BCUT2D eigenvalue weighted by molar-refractivity contribution is 0.0360. The zero-order valence-corrected chi connectivity index (χ0v) is 14.2. The van der Waals surface area contributed by atoms with E-state index in [0.29, 0.717) is 23.9 Å². The van der Waals surface area contributed by atoms with Gasteiger partial charge in [-0.2, -0.15) is 5.10 Å². The third-order valence-corrected chi connectivity index (χ3v) is 3.79. The van der Waals surface area contributed by atoms with E-state index in [9.17, 15) is 4.79 Å². The van der Waals surface area contributed by atoms with Crippen LogP contribution in [0.3, 0.4) is 0 Å². The maximum atomic E-state index is 11.6. The van der Waals surface area contributed by atoms with Crippen molar-refractivity contribution in [3.05, 3.63) is 30.2 Å². The Labute approximate surface area is 146 Å². The highest BCUT2D eigenvalue weighted by atomic mass is 16.5. The van der Waals surface area contributed by atoms with Crippen LogP contribution in [0.1, 0.15) is 17.3 Å². The van der Waals surface area contributed by atoms with Gasteiger partial charge in [-0.05, 0) is 6.92 Å². The Morgan fingerprint density at radius 3 is 2.76 bits per heavy atom. The number of hydrogen-bond acceptors (Lipinski definition) is 8. The first kappa shape index (κ1) is 17.3. The van der Waals surface area contributed by atoms with Crippen molar-refractivity contribution in [3.63, 3.8) is 0 Å². The second-order valence-electron chi connectivity index (χ2n) is 5.56. The molecule has 3 rings (SSSR count). The molecule has 0 aromatic carbocycles. The van der Waals surface area contributed by atoms with E-state index in [1.54, 1.807) is 6.92 Å². The van der Waals surface area contributed by atoms with Crippen LogP contribution in [0.15, 0.2) is 24.7 Å². The number of morpholine rings is 1. The molecular weight excluding hydrogens is 324 g/mol. The second kappa shape index (κ2) is 8.54. The molecule has 0 amide bonds. The minimum Gasteiger partial charge on any atom is -0.462 e. The minimum atomic E-state index is -0.429. The highest BCUT2D eigenvalue weighted by Gasteiger charge is 2.11. The summed E-state index contributed by atoms with van der Waals surface area (Å²) >= 11 is 0. The molecule has 2 aromatic heterocycles. The lowest BCUT2D eigenvalue weighted by Gasteiger charge is -2.26. The Morgan fingerprint density at radius 1 is 1.28 bits per heavy atom. The number of aromatic nitrogens is 4. The minimum absolute atomic E-state index is 0.320. The first-order valence-electron chi connectivity index (χ1n) is 8.34. The Morgan fingerprint density at radius 2 is 2.04 bits per heavy atom. The zero-order chi connectivity index (χ0) is 17.5. The summed E-state index contributed by atoms with van der Waals surface area (Å²) < 4.78 is 12.1. The fraction of sp³-hybridized carbons (Fsp3) is 0.500. The quantitative estimate of drug-likeness (QED) is 0.740. The predicted molar refractivity (Wildman–Crippen MR) is 90.8 cm³/mol. The van der Waals surface area contributed by atoms with Gasteiger partial charge in [-0.3, -0.25) is 9.58 Å². The summed E-state index contributed by atoms with van der Waals surface area (Å²) in [4.78, 5) is 22.1. The van der Waals surface area contributed by atoms with E-state index in [4.69, 9.17) is 9.47 Å². The monoisotopic (exact) mass is 346 g/mol. The van der Waals surface area contributed by atoms with Crippen molar-refractivity contribution in [2.45, 2.75) is 13.5 Å². The fourth-order valence-electron chi connectivity index (χ4n) is 2.45. The number of carbonyl (C=O) groups excluding carboxylic acids is 1. The van der Waals surface area contributed by atoms with Gasteiger partial charge >= 0.3 is 5.97 Å². The largest absolute Gasteiger partial charge is 0.462 e. The van der Waals surface area contributed by atoms with Gasteiger partial charge in [0, 0.05) is 44.3 Å². The first-order chi connectivity index (χ1) is 12.2. The number of nitrogens with zero attached hydrogens (tertiary/aromatic N) is 5. The molecule has 0 atom stereocenters. The highest BCUT2D eigenvalue weighted by molar-refractivity contribution is 5.88. The van der Waals surface area contributed by atoms with Crippen LogP contribution in [0.5, 0.6) is 0 Å². The van der Waals surface area contributed by atoms with Crippen molar-refractivity contribution >= 4 is 17.7 Å². The van der Waals surface area contributed by atoms with Crippen molar-refractivity contribution in [3.8, 4) is 0 Å².